The molecule has 20 heteroatoms. The van der Waals surface area contributed by atoms with Crippen LogP contribution in [0.1, 0.15) is 40.2 Å². The van der Waals surface area contributed by atoms with Crippen LogP contribution in [-0.4, -0.2) is 125 Å². The summed E-state index contributed by atoms with van der Waals surface area (Å²) < 4.78 is 30.4. The lowest BCUT2D eigenvalue weighted by atomic mass is 9.84. The van der Waals surface area contributed by atoms with Crippen molar-refractivity contribution in [2.45, 2.75) is 83.8 Å². The van der Waals surface area contributed by atoms with E-state index in [1.807, 2.05) is 11.9 Å². The van der Waals surface area contributed by atoms with Crippen LogP contribution in [0.4, 0.5) is 11.4 Å². The van der Waals surface area contributed by atoms with E-state index in [0.29, 0.717) is 18.8 Å². The van der Waals surface area contributed by atoms with Crippen molar-refractivity contribution >= 4 is 61.9 Å². The molecule has 7 rings (SSSR count). The highest BCUT2D eigenvalue weighted by atomic mass is 16.7. The smallest absolute Gasteiger partial charge is 0.302 e. The molecule has 0 spiro atoms. The molecule has 10 N–H and O–H groups in total. The van der Waals surface area contributed by atoms with Gasteiger partial charge in [0.2, 0.25) is 10.9 Å². The Hall–Kier alpha value is -6.13. The number of fused-ring (bicyclic) bond motifs is 2. The van der Waals surface area contributed by atoms with Crippen LogP contribution in [0.25, 0.3) is 38.7 Å². The Labute approximate surface area is 378 Å². The molecule has 9 atom stereocenters. The Morgan fingerprint density at radius 3 is 2.36 bits per heavy atom. The van der Waals surface area contributed by atoms with Gasteiger partial charge in [0.05, 0.1) is 47.3 Å². The molecular weight excluding hydrogens is 859 g/mol. The highest BCUT2D eigenvalue weighted by molar-refractivity contribution is 6.17. The van der Waals surface area contributed by atoms with E-state index in [-0.39, 0.29) is 60.8 Å². The predicted molar refractivity (Wildman–Crippen MR) is 245 cm³/mol. The average molecular weight is 916 g/mol. The number of hydrogen-bond donors (Lipinski definition) is 8. The topological polar surface area (TPSA) is 295 Å². The predicted octanol–water partition coefficient (Wildman–Crippen LogP) is 1.12. The normalized spacial score (nSPS) is 29.4. The van der Waals surface area contributed by atoms with Crippen molar-refractivity contribution in [2.75, 3.05) is 50.6 Å². The van der Waals surface area contributed by atoms with Gasteiger partial charge in [-0.05, 0) is 27.0 Å². The third-order valence-corrected chi connectivity index (χ3v) is 12.9. The number of aromatic hydroxyl groups is 1. The molecule has 1 saturated heterocycles. The molecule has 0 radical (unpaired) electrons. The number of esters is 1. The Kier molecular flexibility index (Phi) is 13.5. The van der Waals surface area contributed by atoms with Gasteiger partial charge in [0, 0.05) is 93.3 Å². The van der Waals surface area contributed by atoms with E-state index < -0.39 is 88.3 Å². The number of hydrogen-bond acceptors (Lipinski definition) is 19. The van der Waals surface area contributed by atoms with Gasteiger partial charge in [-0.25, -0.2) is 4.98 Å². The number of anilines is 2. The van der Waals surface area contributed by atoms with Gasteiger partial charge in [0.1, 0.15) is 34.5 Å². The number of aliphatic hydroxyl groups excluding tert-OH is 2. The van der Waals surface area contributed by atoms with E-state index in [4.69, 9.17) is 39.8 Å². The number of piperazine rings is 1. The number of nitrogens with one attached hydrogen (secondary N) is 2. The molecule has 3 aromatic carbocycles. The molecule has 3 aliphatic rings. The van der Waals surface area contributed by atoms with Crippen LogP contribution in [-0.2, 0) is 23.8 Å². The molecule has 4 heterocycles. The van der Waals surface area contributed by atoms with Crippen LogP contribution in [0.2, 0.25) is 0 Å². The fourth-order valence-electron chi connectivity index (χ4n) is 8.79. The summed E-state index contributed by atoms with van der Waals surface area (Å²) in [4.78, 5) is 64.2. The van der Waals surface area contributed by atoms with Gasteiger partial charge in [-0.15, -0.1) is 0 Å². The molecule has 0 aliphatic carbocycles. The van der Waals surface area contributed by atoms with Crippen molar-refractivity contribution in [1.29, 1.82) is 0 Å². The Morgan fingerprint density at radius 1 is 1.02 bits per heavy atom. The van der Waals surface area contributed by atoms with Gasteiger partial charge < -0.3 is 65.3 Å². The largest absolute Gasteiger partial charge is 0.507 e. The standard InChI is InChI=1S/C46H57N7O13/c1-20-10-9-11-21(2)45(60)50-36-39(58)30-29(35-43(36)65-28-19-25(18-26(55)34(28)49-35)53-15-13-52(7)14-16-53)31-41(23(4)38(30)57)66-46(6,44(31)51-61)63-17-12-27(62-8)22(3)42(64-24(5)54)33(48)40(59)32(47)37(20)56/h9-12,17-20,22,27,32-33,37,40,42,51,56-57,59,61H,13-16,47-48H2,1-8H3,(H,50,60)/b10-9+,17-12?,21-11-/t20-,22+,27-,32+,33+,37-,40+,42+,46-/m0/s1. The van der Waals surface area contributed by atoms with E-state index in [9.17, 15) is 39.7 Å². The lowest BCUT2D eigenvalue weighted by molar-refractivity contribution is -0.155. The summed E-state index contributed by atoms with van der Waals surface area (Å²) in [5, 5.41) is 47.6. The lowest BCUT2D eigenvalue weighted by Crippen LogP contribution is -2.60. The summed E-state index contributed by atoms with van der Waals surface area (Å²) in [6, 6.07) is 0.428. The van der Waals surface area contributed by atoms with E-state index in [2.05, 4.69) is 15.7 Å². The minimum atomic E-state index is -1.93. The average Bonchev–Trinajstić information content (AvgIpc) is 3.59. The number of amides is 1. The highest BCUT2D eigenvalue weighted by Gasteiger charge is 2.44. The highest BCUT2D eigenvalue weighted by Crippen LogP contribution is 2.42. The number of rotatable bonds is 4. The number of nitrogens with two attached hydrogens (primary N) is 2. The maximum absolute atomic E-state index is 14.9. The molecule has 20 nitrogen and oxygen atoms in total. The molecular formula is C46H57N7O13. The van der Waals surface area contributed by atoms with Crippen molar-refractivity contribution in [3.05, 3.63) is 79.5 Å². The molecule has 1 aromatic heterocycles. The van der Waals surface area contributed by atoms with Crippen molar-refractivity contribution < 1.29 is 53.5 Å². The summed E-state index contributed by atoms with van der Waals surface area (Å²) >= 11 is 0. The van der Waals surface area contributed by atoms with Crippen molar-refractivity contribution in [1.82, 2.24) is 15.4 Å². The Bertz CT molecular complexity index is 2860. The van der Waals surface area contributed by atoms with Gasteiger partial charge >= 0.3 is 5.97 Å². The first kappa shape index (κ1) is 47.8. The minimum absolute atomic E-state index is 0.0169. The zero-order chi connectivity index (χ0) is 48.1. The number of likely N-dealkylation sites (N-methyl/N-ethyl adjacent to an activating group) is 1. The number of carbonyl (C=O) groups excluding carboxylic acids is 2. The number of nitrogens with zero attached hydrogens (tertiary/aromatic N) is 3. The maximum Gasteiger partial charge on any atom is 0.302 e. The molecule has 0 unspecified atom stereocenters. The van der Waals surface area contributed by atoms with Gasteiger partial charge in [-0.3, -0.25) is 29.9 Å². The number of allylic oxidation sites excluding steroid dienone is 2. The van der Waals surface area contributed by atoms with Crippen molar-refractivity contribution in [2.24, 2.45) is 23.3 Å². The number of ether oxygens (including phenoxy) is 4. The first-order valence-corrected chi connectivity index (χ1v) is 21.5. The van der Waals surface area contributed by atoms with Gasteiger partial charge in [-0.1, -0.05) is 32.1 Å². The van der Waals surface area contributed by atoms with Crippen molar-refractivity contribution in [3.63, 3.8) is 0 Å². The number of benzene rings is 3. The monoisotopic (exact) mass is 915 g/mol. The second kappa shape index (κ2) is 18.6. The third kappa shape index (κ3) is 8.56. The summed E-state index contributed by atoms with van der Waals surface area (Å²) in [6.07, 6.45) is 2.00. The zero-order valence-electron chi connectivity index (χ0n) is 37.9. The van der Waals surface area contributed by atoms with Crippen LogP contribution in [0, 0.1) is 18.8 Å². The first-order chi connectivity index (χ1) is 31.2. The van der Waals surface area contributed by atoms with Crippen molar-refractivity contribution in [3.8, 4) is 11.5 Å². The van der Waals surface area contributed by atoms with Crippen LogP contribution < -0.4 is 48.0 Å². The van der Waals surface area contributed by atoms with Crippen LogP contribution in [0.5, 0.6) is 11.5 Å². The molecule has 1 fully saturated rings. The number of phenolic OH excluding ortho intramolecular Hbond substituents is 1. The Balaban J connectivity index is 1.50. The van der Waals surface area contributed by atoms with Gasteiger partial charge in [0.15, 0.2) is 16.7 Å². The molecule has 354 valence electrons. The Morgan fingerprint density at radius 2 is 1.71 bits per heavy atom. The number of aromatic nitrogens is 1. The quantitative estimate of drug-likeness (QED) is 0.0616. The second-order valence-corrected chi connectivity index (χ2v) is 17.4. The lowest BCUT2D eigenvalue weighted by Gasteiger charge is -2.37. The minimum Gasteiger partial charge on any atom is -0.507 e. The van der Waals surface area contributed by atoms with Crippen LogP contribution >= 0.6 is 0 Å². The second-order valence-electron chi connectivity index (χ2n) is 17.4. The maximum atomic E-state index is 14.9. The summed E-state index contributed by atoms with van der Waals surface area (Å²) in [5.41, 5.74) is 13.3. The molecule has 3 aliphatic heterocycles. The summed E-state index contributed by atoms with van der Waals surface area (Å²) in [7, 11) is 3.38. The zero-order valence-corrected chi connectivity index (χ0v) is 37.9. The molecule has 4 bridgehead atoms. The number of carbonyl (C=O) groups is 2. The van der Waals surface area contributed by atoms with E-state index in [1.54, 1.807) is 26.0 Å². The fraction of sp³-hybridized carbons (Fsp3) is 0.457. The number of hydroxylamine groups is 1. The molecule has 4 aromatic rings. The number of phenols is 1. The van der Waals surface area contributed by atoms with E-state index in [1.165, 1.54) is 65.4 Å². The summed E-state index contributed by atoms with van der Waals surface area (Å²) in [5.74, 6) is -5.47. The van der Waals surface area contributed by atoms with Gasteiger partial charge in [-0.2, -0.15) is 0 Å². The summed E-state index contributed by atoms with van der Waals surface area (Å²) in [6.45, 7) is 11.6. The third-order valence-electron chi connectivity index (χ3n) is 12.9. The fourth-order valence-corrected chi connectivity index (χ4v) is 8.79. The SMILES string of the molecule is CO[C@H]1C=CO[C@@]2(C)Oc3c(C)c(O)c4c(=O)c(c5oc6cc(N7CCN(C)CC7)cc(=O)c6nc5c4c3=C2NO)NC(=O)/C(C)=C\C=C\[C@H](C)[C@H](O)[C@@H](N)[C@@H](O)[C@@H](N)[C@H](OC(C)=O)[C@@H]1C. The van der Waals surface area contributed by atoms with Crippen LogP contribution in [0.3, 0.4) is 0 Å². The molecule has 1 amide bonds. The number of methoxy groups -OCH3 is 1. The van der Waals surface area contributed by atoms with E-state index in [0.717, 1.165) is 13.1 Å². The molecule has 0 saturated carbocycles. The molecule has 66 heavy (non-hydrogen) atoms. The number of aliphatic hydroxyl groups is 2. The first-order valence-electron chi connectivity index (χ1n) is 21.5. The van der Waals surface area contributed by atoms with Crippen LogP contribution in [0.15, 0.2) is 62.3 Å². The van der Waals surface area contributed by atoms with Gasteiger partial charge in [0.25, 0.3) is 11.7 Å². The van der Waals surface area contributed by atoms with E-state index >= 15 is 0 Å².